The van der Waals surface area contributed by atoms with Crippen LogP contribution in [0.1, 0.15) is 12.5 Å². The highest BCUT2D eigenvalue weighted by Crippen LogP contribution is 2.30. The van der Waals surface area contributed by atoms with E-state index in [2.05, 4.69) is 10.2 Å². The van der Waals surface area contributed by atoms with Crippen molar-refractivity contribution in [2.24, 2.45) is 10.2 Å². The van der Waals surface area contributed by atoms with Gasteiger partial charge in [0, 0.05) is 0 Å². The molecule has 35 heavy (non-hydrogen) atoms. The van der Waals surface area contributed by atoms with Gasteiger partial charge in [-0.05, 0) is 86.7 Å². The molecule has 1 heterocycles. The third kappa shape index (κ3) is 4.99. The van der Waals surface area contributed by atoms with Gasteiger partial charge in [0.25, 0.3) is 5.56 Å². The van der Waals surface area contributed by atoms with Gasteiger partial charge in [0.15, 0.2) is 4.77 Å². The first-order chi connectivity index (χ1) is 16.9. The van der Waals surface area contributed by atoms with E-state index in [9.17, 15) is 9.90 Å². The molecular formula is C26H24N4O4S. The minimum absolute atomic E-state index is 0.0848. The van der Waals surface area contributed by atoms with Crippen LogP contribution in [-0.2, 0) is 0 Å². The largest absolute Gasteiger partial charge is 0.497 e. The number of hydrogen-bond acceptors (Lipinski definition) is 7. The van der Waals surface area contributed by atoms with Crippen LogP contribution in [0.5, 0.6) is 17.4 Å². The Bertz CT molecular complexity index is 1470. The van der Waals surface area contributed by atoms with Crippen molar-refractivity contribution < 1.29 is 14.6 Å². The number of methoxy groups -OCH3 is 1. The number of benzene rings is 3. The van der Waals surface area contributed by atoms with Gasteiger partial charge in [-0.25, -0.2) is 0 Å². The minimum atomic E-state index is -0.601. The summed E-state index contributed by atoms with van der Waals surface area (Å²) in [6.45, 7) is 4.40. The average Bonchev–Trinajstić information content (AvgIpc) is 2.86. The summed E-state index contributed by atoms with van der Waals surface area (Å²) in [6, 6.07) is 21.2. The van der Waals surface area contributed by atoms with Crippen molar-refractivity contribution in [1.29, 1.82) is 0 Å². The summed E-state index contributed by atoms with van der Waals surface area (Å²) in [5.74, 6) is 0.931. The third-order valence-corrected chi connectivity index (χ3v) is 5.61. The Morgan fingerprint density at radius 1 is 0.857 bits per heavy atom. The molecule has 0 fully saturated rings. The Labute approximate surface area is 207 Å². The zero-order valence-corrected chi connectivity index (χ0v) is 20.3. The normalized spacial score (nSPS) is 11.1. The maximum absolute atomic E-state index is 13.5. The molecule has 8 nitrogen and oxygen atoms in total. The lowest BCUT2D eigenvalue weighted by Gasteiger charge is -2.16. The monoisotopic (exact) mass is 488 g/mol. The van der Waals surface area contributed by atoms with E-state index in [1.54, 1.807) is 67.8 Å². The number of nitrogens with zero attached hydrogens (tertiary/aromatic N) is 4. The van der Waals surface area contributed by atoms with Gasteiger partial charge in [0.2, 0.25) is 11.6 Å². The molecule has 0 saturated carbocycles. The molecule has 0 bridgehead atoms. The van der Waals surface area contributed by atoms with E-state index in [0.29, 0.717) is 35.2 Å². The number of aromatic nitrogens is 2. The van der Waals surface area contributed by atoms with Crippen LogP contribution in [0.2, 0.25) is 0 Å². The first-order valence-corrected chi connectivity index (χ1v) is 11.3. The van der Waals surface area contributed by atoms with Crippen LogP contribution < -0.4 is 15.0 Å². The zero-order chi connectivity index (χ0) is 24.9. The summed E-state index contributed by atoms with van der Waals surface area (Å²) >= 11 is 5.65. The van der Waals surface area contributed by atoms with Crippen LogP contribution in [0.4, 0.5) is 11.4 Å². The molecule has 0 spiro atoms. The molecular weight excluding hydrogens is 464 g/mol. The van der Waals surface area contributed by atoms with E-state index in [4.69, 9.17) is 21.7 Å². The van der Waals surface area contributed by atoms with Crippen molar-refractivity contribution in [2.75, 3.05) is 13.7 Å². The molecule has 1 N–H and O–H groups in total. The van der Waals surface area contributed by atoms with Crippen LogP contribution in [0, 0.1) is 11.7 Å². The van der Waals surface area contributed by atoms with Crippen LogP contribution >= 0.6 is 12.2 Å². The lowest BCUT2D eigenvalue weighted by molar-refractivity contribution is 0.340. The molecule has 0 radical (unpaired) electrons. The Balaban J connectivity index is 1.90. The zero-order valence-electron chi connectivity index (χ0n) is 19.5. The fraction of sp³-hybridized carbons (Fsp3) is 0.154. The van der Waals surface area contributed by atoms with Crippen LogP contribution in [0.15, 0.2) is 87.8 Å². The highest BCUT2D eigenvalue weighted by molar-refractivity contribution is 7.71. The van der Waals surface area contributed by atoms with Crippen molar-refractivity contribution >= 4 is 23.6 Å². The Morgan fingerprint density at radius 3 is 2.03 bits per heavy atom. The predicted octanol–water partition coefficient (Wildman–Crippen LogP) is 6.19. The number of ether oxygens (including phenoxy) is 2. The van der Waals surface area contributed by atoms with Gasteiger partial charge in [0.1, 0.15) is 11.5 Å². The fourth-order valence-electron chi connectivity index (χ4n) is 3.44. The third-order valence-electron chi connectivity index (χ3n) is 5.25. The van der Waals surface area contributed by atoms with E-state index in [1.807, 2.05) is 26.0 Å². The second kappa shape index (κ2) is 10.4. The van der Waals surface area contributed by atoms with Gasteiger partial charge >= 0.3 is 0 Å². The second-order valence-electron chi connectivity index (χ2n) is 7.59. The summed E-state index contributed by atoms with van der Waals surface area (Å²) in [5, 5.41) is 19.4. The molecule has 9 heteroatoms. The summed E-state index contributed by atoms with van der Waals surface area (Å²) in [5.41, 5.74) is 1.77. The van der Waals surface area contributed by atoms with Gasteiger partial charge in [-0.1, -0.05) is 17.7 Å². The van der Waals surface area contributed by atoms with Crippen LogP contribution in [-0.4, -0.2) is 28.0 Å². The number of rotatable bonds is 7. The topological polar surface area (TPSA) is 90.3 Å². The standard InChI is InChI=1S/C26H24N4O4S/c1-4-34-22-13-7-18(8-14-22)27-28-23-24(31)29(19-9-5-17(2)6-10-19)26(35)30(25(23)32)20-11-15-21(33-3)16-12-20/h5-16,31H,4H2,1-3H3. The van der Waals surface area contributed by atoms with Crippen molar-refractivity contribution in [3.8, 4) is 28.8 Å². The van der Waals surface area contributed by atoms with Gasteiger partial charge < -0.3 is 14.6 Å². The van der Waals surface area contributed by atoms with E-state index in [1.165, 1.54) is 9.13 Å². The highest BCUT2D eigenvalue weighted by Gasteiger charge is 2.19. The van der Waals surface area contributed by atoms with E-state index in [-0.39, 0.29) is 10.5 Å². The van der Waals surface area contributed by atoms with Crippen molar-refractivity contribution in [2.45, 2.75) is 13.8 Å². The SMILES string of the molecule is CCOc1ccc(N=Nc2c(O)n(-c3ccc(C)cc3)c(=S)n(-c3ccc(OC)cc3)c2=O)cc1. The summed E-state index contributed by atoms with van der Waals surface area (Å²) < 4.78 is 13.4. The number of hydrogen-bond donors (Lipinski definition) is 1. The summed E-state index contributed by atoms with van der Waals surface area (Å²) in [4.78, 5) is 13.5. The van der Waals surface area contributed by atoms with E-state index < -0.39 is 11.4 Å². The maximum Gasteiger partial charge on any atom is 0.290 e. The Morgan fingerprint density at radius 2 is 1.43 bits per heavy atom. The molecule has 1 aromatic heterocycles. The van der Waals surface area contributed by atoms with Crippen molar-refractivity contribution in [3.63, 3.8) is 0 Å². The first-order valence-electron chi connectivity index (χ1n) is 10.9. The molecule has 4 rings (SSSR count). The lowest BCUT2D eigenvalue weighted by Crippen LogP contribution is -2.23. The maximum atomic E-state index is 13.5. The van der Waals surface area contributed by atoms with E-state index in [0.717, 1.165) is 5.56 Å². The second-order valence-corrected chi connectivity index (χ2v) is 7.96. The smallest absolute Gasteiger partial charge is 0.290 e. The molecule has 178 valence electrons. The van der Waals surface area contributed by atoms with Crippen LogP contribution in [0.25, 0.3) is 11.4 Å². The lowest BCUT2D eigenvalue weighted by atomic mass is 10.2. The van der Waals surface area contributed by atoms with E-state index >= 15 is 0 Å². The van der Waals surface area contributed by atoms with Gasteiger partial charge in [-0.15, -0.1) is 5.11 Å². The Kier molecular flexibility index (Phi) is 7.07. The van der Waals surface area contributed by atoms with Crippen molar-refractivity contribution in [3.05, 3.63) is 93.5 Å². The molecule has 4 aromatic rings. The molecule has 0 saturated heterocycles. The molecule has 0 aliphatic rings. The molecule has 3 aromatic carbocycles. The summed E-state index contributed by atoms with van der Waals surface area (Å²) in [6.07, 6.45) is 0. The fourth-order valence-corrected chi connectivity index (χ4v) is 3.82. The Hall–Kier alpha value is -4.24. The highest BCUT2D eigenvalue weighted by atomic mass is 32.1. The first kappa shape index (κ1) is 23.9. The quantitative estimate of drug-likeness (QED) is 0.247. The molecule has 0 aliphatic heterocycles. The van der Waals surface area contributed by atoms with Crippen molar-refractivity contribution in [1.82, 2.24) is 9.13 Å². The minimum Gasteiger partial charge on any atom is -0.497 e. The average molecular weight is 489 g/mol. The van der Waals surface area contributed by atoms with Gasteiger partial charge in [0.05, 0.1) is 30.8 Å². The predicted molar refractivity (Wildman–Crippen MR) is 137 cm³/mol. The van der Waals surface area contributed by atoms with Gasteiger partial charge in [-0.3, -0.25) is 13.9 Å². The number of azo groups is 1. The van der Waals surface area contributed by atoms with Gasteiger partial charge in [-0.2, -0.15) is 5.11 Å². The molecule has 0 atom stereocenters. The number of aromatic hydroxyl groups is 1. The number of aryl methyl sites for hydroxylation is 1. The molecule has 0 amide bonds. The summed E-state index contributed by atoms with van der Waals surface area (Å²) in [7, 11) is 1.56. The van der Waals surface area contributed by atoms with Crippen LogP contribution in [0.3, 0.4) is 0 Å². The molecule has 0 aliphatic carbocycles. The molecule has 0 unspecified atom stereocenters.